The summed E-state index contributed by atoms with van der Waals surface area (Å²) in [4.78, 5) is 18.4. The van der Waals surface area contributed by atoms with Crippen molar-refractivity contribution in [2.45, 2.75) is 32.7 Å². The van der Waals surface area contributed by atoms with Gasteiger partial charge in [0.2, 0.25) is 5.91 Å². The molecular weight excluding hydrogens is 422 g/mol. The highest BCUT2D eigenvalue weighted by Gasteiger charge is 2.22. The summed E-state index contributed by atoms with van der Waals surface area (Å²) in [5, 5.41) is 11.2. The lowest BCUT2D eigenvalue weighted by atomic mass is 10.1. The average Bonchev–Trinajstić information content (AvgIpc) is 3.44. The molecule has 9 heteroatoms. The minimum Gasteiger partial charge on any atom is -0.385 e. The Morgan fingerprint density at radius 1 is 1.37 bits per heavy atom. The molecule has 7 nitrogen and oxygen atoms in total. The lowest BCUT2D eigenvalue weighted by Gasteiger charge is -2.16. The number of rotatable bonds is 8. The first-order chi connectivity index (χ1) is 14.5. The number of halogens is 1. The summed E-state index contributed by atoms with van der Waals surface area (Å²) in [6.07, 6.45) is 4.39. The number of carbonyl (C=O) groups is 1. The molecule has 158 valence electrons. The molecule has 0 spiro atoms. The first-order valence-corrected chi connectivity index (χ1v) is 11.2. The van der Waals surface area contributed by atoms with Crippen LogP contribution in [0.15, 0.2) is 29.8 Å². The zero-order chi connectivity index (χ0) is 21.1. The standard InChI is InChI=1S/C21H24ClN5O2S/c1-14-18(12-26(25-14)8-4-10-29-2)23-21-24-19(13-30-21)16-7-6-15(11-17(16)22)27-9-3-5-20(27)28/h6-7,11-13H,3-5,8-10H2,1-2H3,(H,23,24). The second kappa shape index (κ2) is 9.16. The summed E-state index contributed by atoms with van der Waals surface area (Å²) in [5.74, 6) is 0.150. The van der Waals surface area contributed by atoms with Gasteiger partial charge in [0.05, 0.1) is 22.1 Å². The van der Waals surface area contributed by atoms with E-state index in [1.165, 1.54) is 11.3 Å². The van der Waals surface area contributed by atoms with E-state index in [-0.39, 0.29) is 5.91 Å². The molecule has 3 aromatic rings. The van der Waals surface area contributed by atoms with Gasteiger partial charge in [-0.25, -0.2) is 4.98 Å². The second-order valence-corrected chi connectivity index (χ2v) is 8.48. The number of nitrogens with zero attached hydrogens (tertiary/aromatic N) is 4. The van der Waals surface area contributed by atoms with Crippen molar-refractivity contribution in [1.82, 2.24) is 14.8 Å². The van der Waals surface area contributed by atoms with Gasteiger partial charge in [-0.05, 0) is 38.0 Å². The van der Waals surface area contributed by atoms with Crippen LogP contribution in [-0.4, -0.2) is 40.9 Å². The Kier molecular flexibility index (Phi) is 6.36. The molecule has 1 fully saturated rings. The average molecular weight is 446 g/mol. The Labute approximate surface area is 184 Å². The van der Waals surface area contributed by atoms with Crippen LogP contribution < -0.4 is 10.2 Å². The lowest BCUT2D eigenvalue weighted by molar-refractivity contribution is -0.117. The highest BCUT2D eigenvalue weighted by atomic mass is 35.5. The Balaban J connectivity index is 1.47. The minimum absolute atomic E-state index is 0.150. The summed E-state index contributed by atoms with van der Waals surface area (Å²) >= 11 is 8.05. The summed E-state index contributed by atoms with van der Waals surface area (Å²) in [5.41, 5.74) is 4.35. The molecule has 0 aliphatic carbocycles. The molecule has 30 heavy (non-hydrogen) atoms. The number of hydrogen-bond donors (Lipinski definition) is 1. The first-order valence-electron chi connectivity index (χ1n) is 9.91. The van der Waals surface area contributed by atoms with Gasteiger partial charge in [0.25, 0.3) is 0 Å². The van der Waals surface area contributed by atoms with Crippen LogP contribution >= 0.6 is 22.9 Å². The highest BCUT2D eigenvalue weighted by molar-refractivity contribution is 7.14. The molecule has 0 bridgehead atoms. The van der Waals surface area contributed by atoms with E-state index >= 15 is 0 Å². The molecule has 2 aromatic heterocycles. The van der Waals surface area contributed by atoms with Gasteiger partial charge in [-0.15, -0.1) is 11.3 Å². The van der Waals surface area contributed by atoms with Crippen molar-refractivity contribution in [2.24, 2.45) is 0 Å². The number of methoxy groups -OCH3 is 1. The number of aromatic nitrogens is 3. The van der Waals surface area contributed by atoms with Crippen LogP contribution in [0.2, 0.25) is 5.02 Å². The zero-order valence-electron chi connectivity index (χ0n) is 17.0. The van der Waals surface area contributed by atoms with E-state index in [0.29, 0.717) is 18.1 Å². The van der Waals surface area contributed by atoms with E-state index in [1.54, 1.807) is 12.0 Å². The van der Waals surface area contributed by atoms with Crippen LogP contribution in [0.4, 0.5) is 16.5 Å². The Bertz CT molecular complexity index is 1050. The van der Waals surface area contributed by atoms with Gasteiger partial charge in [0, 0.05) is 56.1 Å². The van der Waals surface area contributed by atoms with E-state index in [9.17, 15) is 4.79 Å². The van der Waals surface area contributed by atoms with Crippen LogP contribution in [0, 0.1) is 6.92 Å². The summed E-state index contributed by atoms with van der Waals surface area (Å²) in [6.45, 7) is 4.24. The number of ether oxygens (including phenoxy) is 1. The maximum absolute atomic E-state index is 12.0. The molecule has 1 aromatic carbocycles. The van der Waals surface area contributed by atoms with Crippen molar-refractivity contribution >= 4 is 45.4 Å². The number of carbonyl (C=O) groups excluding carboxylic acids is 1. The fourth-order valence-corrected chi connectivity index (χ4v) is 4.49. The number of hydrogen-bond acceptors (Lipinski definition) is 6. The lowest BCUT2D eigenvalue weighted by Crippen LogP contribution is -2.23. The van der Waals surface area contributed by atoms with Crippen LogP contribution in [0.1, 0.15) is 25.0 Å². The van der Waals surface area contributed by atoms with Crippen molar-refractivity contribution in [3.8, 4) is 11.3 Å². The summed E-state index contributed by atoms with van der Waals surface area (Å²) in [7, 11) is 1.70. The van der Waals surface area contributed by atoms with E-state index in [2.05, 4.69) is 15.4 Å². The third-order valence-electron chi connectivity index (χ3n) is 5.04. The van der Waals surface area contributed by atoms with Gasteiger partial charge in [-0.3, -0.25) is 9.48 Å². The number of anilines is 3. The normalized spacial score (nSPS) is 14.0. The Morgan fingerprint density at radius 3 is 2.97 bits per heavy atom. The van der Waals surface area contributed by atoms with Gasteiger partial charge in [0.15, 0.2) is 5.13 Å². The highest BCUT2D eigenvalue weighted by Crippen LogP contribution is 2.35. The second-order valence-electron chi connectivity index (χ2n) is 7.21. The van der Waals surface area contributed by atoms with Gasteiger partial charge in [-0.2, -0.15) is 5.10 Å². The molecule has 1 aliphatic heterocycles. The van der Waals surface area contributed by atoms with Crippen LogP contribution in [-0.2, 0) is 16.1 Å². The molecule has 1 aliphatic rings. The Morgan fingerprint density at radius 2 is 2.23 bits per heavy atom. The largest absolute Gasteiger partial charge is 0.385 e. The molecule has 0 radical (unpaired) electrons. The fraction of sp³-hybridized carbons (Fsp3) is 0.381. The van der Waals surface area contributed by atoms with Gasteiger partial charge in [0.1, 0.15) is 0 Å². The van der Waals surface area contributed by atoms with Crippen LogP contribution in [0.3, 0.4) is 0 Å². The van der Waals surface area contributed by atoms with E-state index in [1.807, 2.05) is 41.4 Å². The van der Waals surface area contributed by atoms with Gasteiger partial charge in [-0.1, -0.05) is 11.6 Å². The van der Waals surface area contributed by atoms with Gasteiger partial charge >= 0.3 is 0 Å². The molecule has 0 saturated carbocycles. The molecule has 1 amide bonds. The van der Waals surface area contributed by atoms with Crippen molar-refractivity contribution in [1.29, 1.82) is 0 Å². The van der Waals surface area contributed by atoms with Crippen molar-refractivity contribution in [3.63, 3.8) is 0 Å². The first kappa shape index (κ1) is 20.8. The maximum Gasteiger partial charge on any atom is 0.227 e. The maximum atomic E-state index is 12.0. The predicted molar refractivity (Wildman–Crippen MR) is 121 cm³/mol. The van der Waals surface area contributed by atoms with E-state index in [0.717, 1.165) is 59.4 Å². The number of thiazole rings is 1. The molecule has 1 saturated heterocycles. The molecule has 4 rings (SSSR count). The fourth-order valence-electron chi connectivity index (χ4n) is 3.50. The third-order valence-corrected chi connectivity index (χ3v) is 6.11. The molecule has 3 heterocycles. The van der Waals surface area contributed by atoms with Crippen LogP contribution in [0.25, 0.3) is 11.3 Å². The van der Waals surface area contributed by atoms with Crippen molar-refractivity contribution < 1.29 is 9.53 Å². The molecular formula is C21H24ClN5O2S. The molecule has 0 unspecified atom stereocenters. The quantitative estimate of drug-likeness (QED) is 0.500. The number of benzene rings is 1. The number of amides is 1. The zero-order valence-corrected chi connectivity index (χ0v) is 18.6. The minimum atomic E-state index is 0.150. The third kappa shape index (κ3) is 4.50. The van der Waals surface area contributed by atoms with Gasteiger partial charge < -0.3 is 15.0 Å². The smallest absolute Gasteiger partial charge is 0.227 e. The monoisotopic (exact) mass is 445 g/mol. The Hall–Kier alpha value is -2.42. The van der Waals surface area contributed by atoms with E-state index < -0.39 is 0 Å². The SMILES string of the molecule is COCCCn1cc(Nc2nc(-c3ccc(N4CCCC4=O)cc3Cl)cs2)c(C)n1. The van der Waals surface area contributed by atoms with Crippen molar-refractivity contribution in [3.05, 3.63) is 40.5 Å². The topological polar surface area (TPSA) is 72.3 Å². The predicted octanol–water partition coefficient (Wildman–Crippen LogP) is 4.88. The summed E-state index contributed by atoms with van der Waals surface area (Å²) < 4.78 is 7.01. The van der Waals surface area contributed by atoms with E-state index in [4.69, 9.17) is 16.3 Å². The molecule has 0 atom stereocenters. The number of nitrogens with one attached hydrogen (secondary N) is 1. The van der Waals surface area contributed by atoms with Crippen LogP contribution in [0.5, 0.6) is 0 Å². The summed E-state index contributed by atoms with van der Waals surface area (Å²) in [6, 6.07) is 5.72. The molecule has 1 N–H and O–H groups in total. The van der Waals surface area contributed by atoms with Crippen molar-refractivity contribution in [2.75, 3.05) is 30.5 Å². The number of aryl methyl sites for hydroxylation is 2.